The molecule has 0 fully saturated rings. The molecule has 2 aromatic heterocycles. The van der Waals surface area contributed by atoms with Crippen molar-refractivity contribution >= 4 is 42.6 Å². The van der Waals surface area contributed by atoms with Gasteiger partial charge in [-0.05, 0) is 55.0 Å². The Hall–Kier alpha value is -3.34. The van der Waals surface area contributed by atoms with Gasteiger partial charge in [-0.15, -0.1) is 0 Å². The average Bonchev–Trinajstić information content (AvgIpc) is 3.34. The van der Waals surface area contributed by atoms with Crippen molar-refractivity contribution in [3.05, 3.63) is 77.6 Å². The van der Waals surface area contributed by atoms with E-state index in [-0.39, 0.29) is 17.3 Å². The van der Waals surface area contributed by atoms with Crippen LogP contribution in [0.15, 0.2) is 65.7 Å². The van der Waals surface area contributed by atoms with Gasteiger partial charge in [-0.25, -0.2) is 13.4 Å². The number of nitrogens with zero attached hydrogens (tertiary/aromatic N) is 4. The molecular weight excluding hydrogens is 496 g/mol. The summed E-state index contributed by atoms with van der Waals surface area (Å²) in [6.07, 6.45) is 1.68. The van der Waals surface area contributed by atoms with E-state index in [9.17, 15) is 13.2 Å². The quantitative estimate of drug-likeness (QED) is 0.310. The first-order valence-electron chi connectivity index (χ1n) is 11.6. The van der Waals surface area contributed by atoms with E-state index in [1.54, 1.807) is 44.2 Å². The molecule has 0 N–H and O–H groups in total. The number of aromatic nitrogens is 2. The van der Waals surface area contributed by atoms with Crippen LogP contribution in [-0.2, 0) is 16.6 Å². The zero-order valence-electron chi connectivity index (χ0n) is 20.6. The molecule has 0 bridgehead atoms. The molecule has 0 atom stereocenters. The van der Waals surface area contributed by atoms with E-state index in [0.29, 0.717) is 40.7 Å². The maximum absolute atomic E-state index is 13.7. The molecule has 0 radical (unpaired) electrons. The minimum atomic E-state index is -3.62. The van der Waals surface area contributed by atoms with Crippen LogP contribution in [-0.4, -0.2) is 48.8 Å². The summed E-state index contributed by atoms with van der Waals surface area (Å²) in [4.78, 5) is 24.6. The fraction of sp³-hybridized carbons (Fsp3) is 0.269. The van der Waals surface area contributed by atoms with Crippen molar-refractivity contribution in [3.8, 4) is 5.75 Å². The Bertz CT molecular complexity index is 1470. The Morgan fingerprint density at radius 3 is 2.36 bits per heavy atom. The van der Waals surface area contributed by atoms with Crippen LogP contribution in [0.2, 0.25) is 0 Å². The second-order valence-electron chi connectivity index (χ2n) is 8.08. The standard InChI is InChI=1S/C26H28N4O4S2/c1-5-29(6-2)36(32,33)21-13-11-19(12-14-21)25(31)30(17-20-9-7-8-16-27-20)26-28-23-22(34-4)15-10-18(3)24(23)35-26/h7-16H,5-6,17H2,1-4H3. The van der Waals surface area contributed by atoms with Crippen LogP contribution in [0.3, 0.4) is 0 Å². The Kier molecular flexibility index (Phi) is 7.67. The molecule has 0 spiro atoms. The smallest absolute Gasteiger partial charge is 0.260 e. The lowest BCUT2D eigenvalue weighted by Gasteiger charge is -2.21. The minimum absolute atomic E-state index is 0.152. The average molecular weight is 525 g/mol. The molecular formula is C26H28N4O4S2. The number of methoxy groups -OCH3 is 1. The number of thiazole rings is 1. The van der Waals surface area contributed by atoms with Crippen LogP contribution in [0.25, 0.3) is 10.2 Å². The highest BCUT2D eigenvalue weighted by molar-refractivity contribution is 7.89. The molecule has 0 aliphatic heterocycles. The second kappa shape index (κ2) is 10.7. The molecule has 36 heavy (non-hydrogen) atoms. The van der Waals surface area contributed by atoms with E-state index in [4.69, 9.17) is 9.72 Å². The number of sulfonamides is 1. The normalized spacial score (nSPS) is 11.7. The molecule has 0 saturated carbocycles. The van der Waals surface area contributed by atoms with Gasteiger partial charge in [0, 0.05) is 24.8 Å². The van der Waals surface area contributed by atoms with Gasteiger partial charge in [0.1, 0.15) is 11.3 Å². The predicted octanol–water partition coefficient (Wildman–Crippen LogP) is 4.89. The van der Waals surface area contributed by atoms with Gasteiger partial charge in [0.2, 0.25) is 10.0 Å². The molecule has 0 aliphatic rings. The number of hydrogen-bond donors (Lipinski definition) is 0. The van der Waals surface area contributed by atoms with E-state index in [0.717, 1.165) is 10.3 Å². The first-order chi connectivity index (χ1) is 17.3. The van der Waals surface area contributed by atoms with Crippen molar-refractivity contribution < 1.29 is 17.9 Å². The van der Waals surface area contributed by atoms with Gasteiger partial charge in [-0.1, -0.05) is 37.3 Å². The van der Waals surface area contributed by atoms with Gasteiger partial charge in [-0.3, -0.25) is 14.7 Å². The molecule has 4 rings (SSSR count). The molecule has 10 heteroatoms. The Labute approximate surface area is 215 Å². The number of hydrogen-bond acceptors (Lipinski definition) is 7. The molecule has 0 aliphatic carbocycles. The van der Waals surface area contributed by atoms with Crippen LogP contribution in [0.1, 0.15) is 35.5 Å². The summed E-state index contributed by atoms with van der Waals surface area (Å²) in [7, 11) is -2.03. The number of ether oxygens (including phenoxy) is 1. The lowest BCUT2D eigenvalue weighted by molar-refractivity contribution is 0.0984. The Balaban J connectivity index is 1.75. The van der Waals surface area contributed by atoms with E-state index in [1.165, 1.54) is 27.8 Å². The van der Waals surface area contributed by atoms with E-state index in [1.807, 2.05) is 37.3 Å². The highest BCUT2D eigenvalue weighted by Crippen LogP contribution is 2.37. The summed E-state index contributed by atoms with van der Waals surface area (Å²) >= 11 is 1.40. The molecule has 2 heterocycles. The largest absolute Gasteiger partial charge is 0.494 e. The topological polar surface area (TPSA) is 92.7 Å². The van der Waals surface area contributed by atoms with Gasteiger partial charge < -0.3 is 4.74 Å². The monoisotopic (exact) mass is 524 g/mol. The summed E-state index contributed by atoms with van der Waals surface area (Å²) in [5.74, 6) is 0.331. The molecule has 2 aromatic carbocycles. The predicted molar refractivity (Wildman–Crippen MR) is 142 cm³/mol. The lowest BCUT2D eigenvalue weighted by Crippen LogP contribution is -2.31. The maximum Gasteiger partial charge on any atom is 0.260 e. The third kappa shape index (κ3) is 4.97. The van der Waals surface area contributed by atoms with Crippen molar-refractivity contribution in [2.24, 2.45) is 0 Å². The number of rotatable bonds is 9. The molecule has 0 unspecified atom stereocenters. The summed E-state index contributed by atoms with van der Waals surface area (Å²) in [6.45, 7) is 6.53. The van der Waals surface area contributed by atoms with Crippen molar-refractivity contribution in [1.29, 1.82) is 0 Å². The van der Waals surface area contributed by atoms with Gasteiger partial charge >= 0.3 is 0 Å². The third-order valence-corrected chi connectivity index (χ3v) is 9.16. The summed E-state index contributed by atoms with van der Waals surface area (Å²) in [6, 6.07) is 15.4. The maximum atomic E-state index is 13.7. The van der Waals surface area contributed by atoms with Crippen LogP contribution in [0.5, 0.6) is 5.75 Å². The fourth-order valence-corrected chi connectivity index (χ4v) is 6.40. The van der Waals surface area contributed by atoms with Gasteiger partial charge in [0.25, 0.3) is 5.91 Å². The first kappa shape index (κ1) is 25.7. The lowest BCUT2D eigenvalue weighted by atomic mass is 10.2. The molecule has 1 amide bonds. The van der Waals surface area contributed by atoms with Crippen molar-refractivity contribution in [2.75, 3.05) is 25.1 Å². The summed E-state index contributed by atoms with van der Waals surface area (Å²) in [5, 5.41) is 0.507. The second-order valence-corrected chi connectivity index (χ2v) is 11.0. The zero-order chi connectivity index (χ0) is 25.9. The number of anilines is 1. The number of amides is 1. The van der Waals surface area contributed by atoms with E-state index in [2.05, 4.69) is 4.98 Å². The number of carbonyl (C=O) groups is 1. The number of carbonyl (C=O) groups excluding carboxylic acids is 1. The van der Waals surface area contributed by atoms with Gasteiger partial charge in [0.05, 0.1) is 28.9 Å². The zero-order valence-corrected chi connectivity index (χ0v) is 22.3. The highest BCUT2D eigenvalue weighted by Gasteiger charge is 2.26. The van der Waals surface area contributed by atoms with Crippen LogP contribution in [0.4, 0.5) is 5.13 Å². The van der Waals surface area contributed by atoms with Crippen LogP contribution >= 0.6 is 11.3 Å². The van der Waals surface area contributed by atoms with Gasteiger partial charge in [0.15, 0.2) is 5.13 Å². The fourth-order valence-electron chi connectivity index (χ4n) is 3.90. The number of pyridine rings is 1. The van der Waals surface area contributed by atoms with Crippen LogP contribution in [0, 0.1) is 6.92 Å². The van der Waals surface area contributed by atoms with Gasteiger partial charge in [-0.2, -0.15) is 4.31 Å². The van der Waals surface area contributed by atoms with E-state index >= 15 is 0 Å². The first-order valence-corrected chi connectivity index (χ1v) is 13.8. The molecule has 8 nitrogen and oxygen atoms in total. The van der Waals surface area contributed by atoms with Crippen LogP contribution < -0.4 is 9.64 Å². The van der Waals surface area contributed by atoms with E-state index < -0.39 is 10.0 Å². The number of aryl methyl sites for hydroxylation is 1. The Morgan fingerprint density at radius 1 is 1.03 bits per heavy atom. The highest BCUT2D eigenvalue weighted by atomic mass is 32.2. The Morgan fingerprint density at radius 2 is 1.75 bits per heavy atom. The van der Waals surface area contributed by atoms with Crippen molar-refractivity contribution in [2.45, 2.75) is 32.2 Å². The minimum Gasteiger partial charge on any atom is -0.494 e. The molecule has 4 aromatic rings. The summed E-state index contributed by atoms with van der Waals surface area (Å²) in [5.41, 5.74) is 2.78. The SMILES string of the molecule is CCN(CC)S(=O)(=O)c1ccc(C(=O)N(Cc2ccccn2)c2nc3c(OC)ccc(C)c3s2)cc1. The third-order valence-electron chi connectivity index (χ3n) is 5.88. The van der Waals surface area contributed by atoms with Crippen molar-refractivity contribution in [1.82, 2.24) is 14.3 Å². The molecule has 188 valence electrons. The summed E-state index contributed by atoms with van der Waals surface area (Å²) < 4.78 is 33.5. The van der Waals surface area contributed by atoms with Crippen molar-refractivity contribution in [3.63, 3.8) is 0 Å². The number of fused-ring (bicyclic) bond motifs is 1. The molecule has 0 saturated heterocycles. The number of benzene rings is 2.